The molecule has 2 aliphatic rings. The van der Waals surface area contributed by atoms with E-state index in [2.05, 4.69) is 24.3 Å². The van der Waals surface area contributed by atoms with Crippen molar-refractivity contribution in [2.45, 2.75) is 63.1 Å². The van der Waals surface area contributed by atoms with Crippen LogP contribution < -0.4 is 0 Å². The molecular weight excluding hydrogens is 236 g/mol. The van der Waals surface area contributed by atoms with E-state index in [1.54, 1.807) is 0 Å². The number of aryl methyl sites for hydroxylation is 1. The Morgan fingerprint density at radius 1 is 1.32 bits per heavy atom. The zero-order valence-electron chi connectivity index (χ0n) is 11.8. The molecule has 0 radical (unpaired) electrons. The van der Waals surface area contributed by atoms with Crippen molar-refractivity contribution in [1.29, 1.82) is 0 Å². The van der Waals surface area contributed by atoms with Crippen LogP contribution in [0.1, 0.15) is 56.1 Å². The van der Waals surface area contributed by atoms with Gasteiger partial charge in [0.2, 0.25) is 0 Å². The number of hydrogen-bond acceptors (Lipinski definition) is 2. The van der Waals surface area contributed by atoms with Crippen molar-refractivity contribution in [2.75, 3.05) is 6.61 Å². The lowest BCUT2D eigenvalue weighted by Crippen LogP contribution is -2.49. The standard InChI is InChI=1S/C17H24O2/c1-2-19-15-11-17(18,12-15)10-14-8-5-7-13-6-3-4-9-16(13)14/h3-4,6,9,14-15,18H,2,5,7-8,10-12H2,1H3. The highest BCUT2D eigenvalue weighted by Crippen LogP contribution is 2.45. The molecule has 1 aromatic rings. The molecule has 0 spiro atoms. The van der Waals surface area contributed by atoms with Crippen molar-refractivity contribution in [3.63, 3.8) is 0 Å². The van der Waals surface area contributed by atoms with Crippen molar-refractivity contribution in [3.05, 3.63) is 35.4 Å². The fourth-order valence-electron chi connectivity index (χ4n) is 3.83. The second kappa shape index (κ2) is 5.26. The van der Waals surface area contributed by atoms with Crippen LogP contribution in [0.5, 0.6) is 0 Å². The Kier molecular flexibility index (Phi) is 3.64. The predicted octanol–water partition coefficient (Wildman–Crippen LogP) is 3.43. The van der Waals surface area contributed by atoms with Gasteiger partial charge in [-0.25, -0.2) is 0 Å². The molecule has 1 fully saturated rings. The van der Waals surface area contributed by atoms with Gasteiger partial charge in [0.15, 0.2) is 0 Å². The van der Waals surface area contributed by atoms with Gasteiger partial charge in [-0.15, -0.1) is 0 Å². The maximum absolute atomic E-state index is 10.6. The minimum absolute atomic E-state index is 0.286. The highest BCUT2D eigenvalue weighted by atomic mass is 16.5. The molecule has 3 rings (SSSR count). The van der Waals surface area contributed by atoms with E-state index in [-0.39, 0.29) is 6.10 Å². The Labute approximate surface area is 115 Å². The molecule has 2 heteroatoms. The summed E-state index contributed by atoms with van der Waals surface area (Å²) in [4.78, 5) is 0. The summed E-state index contributed by atoms with van der Waals surface area (Å²) < 4.78 is 5.57. The summed E-state index contributed by atoms with van der Waals surface area (Å²) in [5.41, 5.74) is 2.49. The first kappa shape index (κ1) is 13.1. The number of fused-ring (bicyclic) bond motifs is 1. The topological polar surface area (TPSA) is 29.5 Å². The number of ether oxygens (including phenoxy) is 1. The molecule has 1 saturated carbocycles. The van der Waals surface area contributed by atoms with Crippen molar-refractivity contribution in [3.8, 4) is 0 Å². The molecule has 2 nitrogen and oxygen atoms in total. The third kappa shape index (κ3) is 2.70. The first-order valence-corrected chi connectivity index (χ1v) is 7.62. The van der Waals surface area contributed by atoms with Crippen LogP contribution >= 0.6 is 0 Å². The van der Waals surface area contributed by atoms with Gasteiger partial charge in [-0.05, 0) is 49.7 Å². The Morgan fingerprint density at radius 3 is 2.89 bits per heavy atom. The van der Waals surface area contributed by atoms with Crippen LogP contribution in [0.3, 0.4) is 0 Å². The molecule has 1 unspecified atom stereocenters. The third-order valence-corrected chi connectivity index (χ3v) is 4.74. The van der Waals surface area contributed by atoms with Gasteiger partial charge in [0, 0.05) is 19.4 Å². The molecule has 1 aromatic carbocycles. The van der Waals surface area contributed by atoms with Gasteiger partial charge >= 0.3 is 0 Å². The summed E-state index contributed by atoms with van der Waals surface area (Å²) in [5, 5.41) is 10.6. The molecule has 0 amide bonds. The van der Waals surface area contributed by atoms with Crippen molar-refractivity contribution in [2.24, 2.45) is 0 Å². The van der Waals surface area contributed by atoms with Crippen LogP contribution in [0.25, 0.3) is 0 Å². The third-order valence-electron chi connectivity index (χ3n) is 4.74. The molecule has 0 saturated heterocycles. The zero-order valence-corrected chi connectivity index (χ0v) is 11.8. The average Bonchev–Trinajstić information content (AvgIpc) is 2.38. The van der Waals surface area contributed by atoms with Crippen LogP contribution in [-0.2, 0) is 11.2 Å². The average molecular weight is 260 g/mol. The molecule has 104 valence electrons. The highest BCUT2D eigenvalue weighted by molar-refractivity contribution is 5.33. The Bertz CT molecular complexity index is 435. The Morgan fingerprint density at radius 2 is 2.11 bits per heavy atom. The van der Waals surface area contributed by atoms with E-state index in [0.29, 0.717) is 5.92 Å². The molecular formula is C17H24O2. The van der Waals surface area contributed by atoms with Crippen LogP contribution in [0.4, 0.5) is 0 Å². The van der Waals surface area contributed by atoms with Crippen LogP contribution in [-0.4, -0.2) is 23.4 Å². The van der Waals surface area contributed by atoms with E-state index < -0.39 is 5.60 Å². The van der Waals surface area contributed by atoms with Gasteiger partial charge in [-0.1, -0.05) is 24.3 Å². The first-order valence-electron chi connectivity index (χ1n) is 7.62. The summed E-state index contributed by atoms with van der Waals surface area (Å²) in [5.74, 6) is 0.539. The molecule has 1 N–H and O–H groups in total. The van der Waals surface area contributed by atoms with Crippen LogP contribution in [0.2, 0.25) is 0 Å². The quantitative estimate of drug-likeness (QED) is 0.898. The molecule has 1 atom stereocenters. The Balaban J connectivity index is 1.66. The summed E-state index contributed by atoms with van der Waals surface area (Å²) in [6, 6.07) is 8.76. The predicted molar refractivity (Wildman–Crippen MR) is 76.3 cm³/mol. The molecule has 19 heavy (non-hydrogen) atoms. The maximum Gasteiger partial charge on any atom is 0.0703 e. The zero-order chi connectivity index (χ0) is 13.3. The molecule has 0 heterocycles. The molecule has 0 aliphatic heterocycles. The van der Waals surface area contributed by atoms with Crippen LogP contribution in [0, 0.1) is 0 Å². The fourth-order valence-corrected chi connectivity index (χ4v) is 3.83. The van der Waals surface area contributed by atoms with E-state index in [0.717, 1.165) is 25.9 Å². The molecule has 0 bridgehead atoms. The smallest absolute Gasteiger partial charge is 0.0703 e. The fraction of sp³-hybridized carbons (Fsp3) is 0.647. The van der Waals surface area contributed by atoms with Gasteiger partial charge in [-0.3, -0.25) is 0 Å². The number of hydrogen-bond donors (Lipinski definition) is 1. The largest absolute Gasteiger partial charge is 0.390 e. The normalized spacial score (nSPS) is 33.6. The number of rotatable bonds is 4. The van der Waals surface area contributed by atoms with E-state index in [1.165, 1.54) is 30.4 Å². The summed E-state index contributed by atoms with van der Waals surface area (Å²) in [6.45, 7) is 2.78. The van der Waals surface area contributed by atoms with E-state index >= 15 is 0 Å². The number of benzene rings is 1. The van der Waals surface area contributed by atoms with Crippen LogP contribution in [0.15, 0.2) is 24.3 Å². The van der Waals surface area contributed by atoms with Gasteiger partial charge in [0.25, 0.3) is 0 Å². The summed E-state index contributed by atoms with van der Waals surface area (Å²) >= 11 is 0. The minimum atomic E-state index is -0.477. The monoisotopic (exact) mass is 260 g/mol. The summed E-state index contributed by atoms with van der Waals surface area (Å²) in [7, 11) is 0. The second-order valence-corrected chi connectivity index (χ2v) is 6.20. The van der Waals surface area contributed by atoms with Gasteiger partial charge < -0.3 is 9.84 Å². The maximum atomic E-state index is 10.6. The van der Waals surface area contributed by atoms with Gasteiger partial charge in [0.05, 0.1) is 11.7 Å². The van der Waals surface area contributed by atoms with Gasteiger partial charge in [-0.2, -0.15) is 0 Å². The van der Waals surface area contributed by atoms with Crippen molar-refractivity contribution < 1.29 is 9.84 Å². The lowest BCUT2D eigenvalue weighted by atomic mass is 9.68. The van der Waals surface area contributed by atoms with Crippen molar-refractivity contribution >= 4 is 0 Å². The van der Waals surface area contributed by atoms with Gasteiger partial charge in [0.1, 0.15) is 0 Å². The lowest BCUT2D eigenvalue weighted by Gasteiger charge is -2.45. The minimum Gasteiger partial charge on any atom is -0.390 e. The molecule has 2 aliphatic carbocycles. The van der Waals surface area contributed by atoms with E-state index in [4.69, 9.17) is 4.74 Å². The second-order valence-electron chi connectivity index (χ2n) is 6.20. The first-order chi connectivity index (χ1) is 9.20. The van der Waals surface area contributed by atoms with Crippen molar-refractivity contribution in [1.82, 2.24) is 0 Å². The highest BCUT2D eigenvalue weighted by Gasteiger charge is 2.44. The van der Waals surface area contributed by atoms with E-state index in [9.17, 15) is 5.11 Å². The van der Waals surface area contributed by atoms with E-state index in [1.807, 2.05) is 6.92 Å². The summed E-state index contributed by atoms with van der Waals surface area (Å²) in [6.07, 6.45) is 6.51. The molecule has 0 aromatic heterocycles. The number of aliphatic hydroxyl groups is 1. The Hall–Kier alpha value is -0.860. The lowest BCUT2D eigenvalue weighted by molar-refractivity contribution is -0.143. The SMILES string of the molecule is CCOC1CC(O)(CC2CCCc3ccccc32)C1.